The summed E-state index contributed by atoms with van der Waals surface area (Å²) in [5.74, 6) is 0.673. The van der Waals surface area contributed by atoms with Crippen LogP contribution >= 0.6 is 15.9 Å². The van der Waals surface area contributed by atoms with Crippen molar-refractivity contribution in [2.45, 2.75) is 41.2 Å². The minimum atomic E-state index is 0.320. The lowest BCUT2D eigenvalue weighted by atomic mass is 9.81. The summed E-state index contributed by atoms with van der Waals surface area (Å²) in [5, 5.41) is 7.92. The number of nitrogens with zero attached hydrogens (tertiary/aromatic N) is 2. The molecule has 0 saturated heterocycles. The van der Waals surface area contributed by atoms with Gasteiger partial charge < -0.3 is 5.32 Å². The molecule has 0 aliphatic heterocycles. The molecule has 1 heterocycles. The Labute approximate surface area is 113 Å². The van der Waals surface area contributed by atoms with E-state index < -0.39 is 0 Å². The standard InChI is InChI=1S/C13H24BrN3/c1-9(2)13(4,5)8-15-7-11-12(14)10(3)16-17(11)6/h9,15H,7-8H2,1-6H3. The number of hydrogen-bond acceptors (Lipinski definition) is 2. The highest BCUT2D eigenvalue weighted by atomic mass is 79.9. The summed E-state index contributed by atoms with van der Waals surface area (Å²) in [6.45, 7) is 13.0. The van der Waals surface area contributed by atoms with E-state index in [4.69, 9.17) is 0 Å². The van der Waals surface area contributed by atoms with Crippen molar-refractivity contribution in [1.82, 2.24) is 15.1 Å². The maximum atomic E-state index is 4.39. The zero-order valence-corrected chi connectivity index (χ0v) is 13.3. The molecule has 1 N–H and O–H groups in total. The number of nitrogens with one attached hydrogen (secondary N) is 1. The van der Waals surface area contributed by atoms with Crippen LogP contribution in [0.3, 0.4) is 0 Å². The van der Waals surface area contributed by atoms with Crippen LogP contribution < -0.4 is 5.32 Å². The summed E-state index contributed by atoms with van der Waals surface area (Å²) in [4.78, 5) is 0. The lowest BCUT2D eigenvalue weighted by molar-refractivity contribution is 0.237. The molecule has 0 spiro atoms. The van der Waals surface area contributed by atoms with E-state index in [0.29, 0.717) is 11.3 Å². The number of halogens is 1. The number of rotatable bonds is 5. The molecule has 3 nitrogen and oxygen atoms in total. The molecule has 17 heavy (non-hydrogen) atoms. The van der Waals surface area contributed by atoms with E-state index in [1.54, 1.807) is 0 Å². The predicted octanol–water partition coefficient (Wildman–Crippen LogP) is 3.26. The molecule has 1 aromatic heterocycles. The van der Waals surface area contributed by atoms with Gasteiger partial charge in [0.05, 0.1) is 15.9 Å². The van der Waals surface area contributed by atoms with Crippen molar-refractivity contribution in [1.29, 1.82) is 0 Å². The van der Waals surface area contributed by atoms with Crippen LogP contribution in [-0.4, -0.2) is 16.3 Å². The van der Waals surface area contributed by atoms with Gasteiger partial charge in [0.2, 0.25) is 0 Å². The maximum absolute atomic E-state index is 4.39. The molecular formula is C13H24BrN3. The summed E-state index contributed by atoms with van der Waals surface area (Å²) in [7, 11) is 1.99. The Morgan fingerprint density at radius 3 is 2.41 bits per heavy atom. The monoisotopic (exact) mass is 301 g/mol. The SMILES string of the molecule is Cc1nn(C)c(CNCC(C)(C)C(C)C)c1Br. The molecule has 0 amide bonds. The summed E-state index contributed by atoms with van der Waals surface area (Å²) < 4.78 is 3.06. The van der Waals surface area contributed by atoms with Crippen LogP contribution in [0.4, 0.5) is 0 Å². The van der Waals surface area contributed by atoms with Gasteiger partial charge in [-0.05, 0) is 34.2 Å². The molecule has 0 atom stereocenters. The Hall–Kier alpha value is -0.350. The van der Waals surface area contributed by atoms with Crippen molar-refractivity contribution in [3.8, 4) is 0 Å². The number of hydrogen-bond donors (Lipinski definition) is 1. The Bertz CT molecular complexity index is 380. The molecule has 0 fully saturated rings. The third kappa shape index (κ3) is 3.55. The Morgan fingerprint density at radius 1 is 1.41 bits per heavy atom. The number of aromatic nitrogens is 2. The first-order valence-corrected chi connectivity index (χ1v) is 6.93. The topological polar surface area (TPSA) is 29.9 Å². The smallest absolute Gasteiger partial charge is 0.0739 e. The van der Waals surface area contributed by atoms with Crippen molar-refractivity contribution in [2.24, 2.45) is 18.4 Å². The maximum Gasteiger partial charge on any atom is 0.0739 e. The van der Waals surface area contributed by atoms with Gasteiger partial charge in [-0.2, -0.15) is 5.10 Å². The van der Waals surface area contributed by atoms with E-state index in [0.717, 1.165) is 23.3 Å². The molecule has 0 aliphatic carbocycles. The molecule has 0 aliphatic rings. The second kappa shape index (κ2) is 5.53. The largest absolute Gasteiger partial charge is 0.311 e. The minimum absolute atomic E-state index is 0.320. The van der Waals surface area contributed by atoms with Crippen LogP contribution in [0.15, 0.2) is 4.47 Å². The summed E-state index contributed by atoms with van der Waals surface area (Å²) in [6.07, 6.45) is 0. The molecular weight excluding hydrogens is 278 g/mol. The lowest BCUT2D eigenvalue weighted by Gasteiger charge is -2.29. The quantitative estimate of drug-likeness (QED) is 0.905. The second-order valence-corrected chi connectivity index (χ2v) is 6.51. The van der Waals surface area contributed by atoms with Gasteiger partial charge in [0, 0.05) is 20.1 Å². The molecule has 0 unspecified atom stereocenters. The molecule has 1 aromatic rings. The fourth-order valence-corrected chi connectivity index (χ4v) is 2.06. The zero-order chi connectivity index (χ0) is 13.2. The minimum Gasteiger partial charge on any atom is -0.311 e. The van der Waals surface area contributed by atoms with Gasteiger partial charge in [0.1, 0.15) is 0 Å². The van der Waals surface area contributed by atoms with Crippen molar-refractivity contribution >= 4 is 15.9 Å². The predicted molar refractivity (Wildman–Crippen MR) is 76.0 cm³/mol. The Morgan fingerprint density at radius 2 is 2.00 bits per heavy atom. The van der Waals surface area contributed by atoms with E-state index in [9.17, 15) is 0 Å². The van der Waals surface area contributed by atoms with Gasteiger partial charge in [0.15, 0.2) is 0 Å². The van der Waals surface area contributed by atoms with Crippen LogP contribution in [-0.2, 0) is 13.6 Å². The van der Waals surface area contributed by atoms with Crippen LogP contribution in [0.5, 0.6) is 0 Å². The van der Waals surface area contributed by atoms with Crippen molar-refractivity contribution in [2.75, 3.05) is 6.54 Å². The van der Waals surface area contributed by atoms with Crippen molar-refractivity contribution in [3.63, 3.8) is 0 Å². The number of aryl methyl sites for hydroxylation is 2. The highest BCUT2D eigenvalue weighted by Gasteiger charge is 2.22. The van der Waals surface area contributed by atoms with Gasteiger partial charge in [-0.25, -0.2) is 0 Å². The van der Waals surface area contributed by atoms with E-state index >= 15 is 0 Å². The van der Waals surface area contributed by atoms with Crippen LogP contribution in [0.25, 0.3) is 0 Å². The third-order valence-electron chi connectivity index (χ3n) is 3.70. The van der Waals surface area contributed by atoms with Crippen molar-refractivity contribution < 1.29 is 0 Å². The highest BCUT2D eigenvalue weighted by molar-refractivity contribution is 9.10. The average Bonchev–Trinajstić information content (AvgIpc) is 2.44. The summed E-state index contributed by atoms with van der Waals surface area (Å²) in [5.41, 5.74) is 2.58. The molecule has 0 saturated carbocycles. The zero-order valence-electron chi connectivity index (χ0n) is 11.8. The Kier molecular flexibility index (Phi) is 4.78. The molecule has 0 aromatic carbocycles. The van der Waals surface area contributed by atoms with Gasteiger partial charge in [-0.1, -0.05) is 27.7 Å². The highest BCUT2D eigenvalue weighted by Crippen LogP contribution is 2.25. The normalized spacial score (nSPS) is 12.5. The molecule has 1 rings (SSSR count). The average molecular weight is 302 g/mol. The first-order chi connectivity index (χ1) is 7.75. The Balaban J connectivity index is 2.57. The van der Waals surface area contributed by atoms with E-state index in [1.807, 2.05) is 18.7 Å². The first kappa shape index (κ1) is 14.7. The second-order valence-electron chi connectivity index (χ2n) is 5.72. The van der Waals surface area contributed by atoms with Gasteiger partial charge in [-0.3, -0.25) is 4.68 Å². The van der Waals surface area contributed by atoms with Gasteiger partial charge in [-0.15, -0.1) is 0 Å². The lowest BCUT2D eigenvalue weighted by Crippen LogP contribution is -2.33. The van der Waals surface area contributed by atoms with Gasteiger partial charge in [0.25, 0.3) is 0 Å². The molecule has 98 valence electrons. The van der Waals surface area contributed by atoms with Crippen LogP contribution in [0.1, 0.15) is 39.1 Å². The summed E-state index contributed by atoms with van der Waals surface area (Å²) >= 11 is 3.59. The molecule has 4 heteroatoms. The van der Waals surface area contributed by atoms with E-state index in [1.165, 1.54) is 5.69 Å². The first-order valence-electron chi connectivity index (χ1n) is 6.14. The van der Waals surface area contributed by atoms with Crippen LogP contribution in [0.2, 0.25) is 0 Å². The molecule has 0 bridgehead atoms. The van der Waals surface area contributed by atoms with Gasteiger partial charge >= 0.3 is 0 Å². The fraction of sp³-hybridized carbons (Fsp3) is 0.769. The van der Waals surface area contributed by atoms with E-state index in [2.05, 4.69) is 54.0 Å². The van der Waals surface area contributed by atoms with E-state index in [-0.39, 0.29) is 0 Å². The summed E-state index contributed by atoms with van der Waals surface area (Å²) in [6, 6.07) is 0. The fourth-order valence-electron chi connectivity index (χ4n) is 1.58. The van der Waals surface area contributed by atoms with Crippen molar-refractivity contribution in [3.05, 3.63) is 15.9 Å². The molecule has 0 radical (unpaired) electrons. The van der Waals surface area contributed by atoms with Crippen LogP contribution in [0, 0.1) is 18.3 Å². The third-order valence-corrected chi connectivity index (χ3v) is 4.73.